The maximum absolute atomic E-state index is 13.4. The number of hydrogen-bond donors (Lipinski definition) is 0. The monoisotopic (exact) mass is 420 g/mol. The summed E-state index contributed by atoms with van der Waals surface area (Å²) in [5, 5.41) is 0. The average molecular weight is 421 g/mol. The first-order chi connectivity index (χ1) is 15.0. The molecule has 0 atom stereocenters. The van der Waals surface area contributed by atoms with E-state index in [0.29, 0.717) is 12.5 Å². The number of rotatable bonds is 11. The third-order valence-electron chi connectivity index (χ3n) is 5.65. The molecule has 0 saturated carbocycles. The maximum Gasteiger partial charge on any atom is 0.254 e. The van der Waals surface area contributed by atoms with E-state index < -0.39 is 0 Å². The van der Waals surface area contributed by atoms with E-state index in [1.165, 1.54) is 18.4 Å². The number of aryl methyl sites for hydroxylation is 2. The molecular formula is C26H36N4O. The smallest absolute Gasteiger partial charge is 0.254 e. The summed E-state index contributed by atoms with van der Waals surface area (Å²) in [6.45, 7) is 10.8. The fourth-order valence-electron chi connectivity index (χ4n) is 3.80. The molecule has 1 amide bonds. The molecule has 3 aromatic rings. The van der Waals surface area contributed by atoms with Crippen LogP contribution in [0.1, 0.15) is 75.1 Å². The van der Waals surface area contributed by atoms with Gasteiger partial charge in [-0.2, -0.15) is 0 Å². The van der Waals surface area contributed by atoms with Gasteiger partial charge in [-0.3, -0.25) is 4.79 Å². The Hall–Kier alpha value is -2.69. The summed E-state index contributed by atoms with van der Waals surface area (Å²) in [5.74, 6) is 1.51. The molecular weight excluding hydrogens is 384 g/mol. The van der Waals surface area contributed by atoms with Crippen molar-refractivity contribution in [2.24, 2.45) is 5.92 Å². The lowest BCUT2D eigenvalue weighted by molar-refractivity contribution is 0.0729. The Morgan fingerprint density at radius 1 is 1.10 bits per heavy atom. The van der Waals surface area contributed by atoms with Crippen LogP contribution in [-0.4, -0.2) is 31.9 Å². The quantitative estimate of drug-likeness (QED) is 0.390. The van der Waals surface area contributed by atoms with E-state index in [2.05, 4.69) is 49.4 Å². The van der Waals surface area contributed by atoms with Crippen molar-refractivity contribution in [3.05, 3.63) is 59.5 Å². The molecule has 31 heavy (non-hydrogen) atoms. The van der Waals surface area contributed by atoms with Crippen molar-refractivity contribution >= 4 is 17.1 Å². The van der Waals surface area contributed by atoms with Crippen molar-refractivity contribution < 1.29 is 4.79 Å². The minimum Gasteiger partial charge on any atom is -0.331 e. The molecule has 5 nitrogen and oxygen atoms in total. The highest BCUT2D eigenvalue weighted by Crippen LogP contribution is 2.19. The van der Waals surface area contributed by atoms with Gasteiger partial charge in [0.05, 0.1) is 6.54 Å². The molecule has 0 bridgehead atoms. The van der Waals surface area contributed by atoms with E-state index in [9.17, 15) is 4.79 Å². The Morgan fingerprint density at radius 3 is 2.55 bits per heavy atom. The molecule has 5 heteroatoms. The van der Waals surface area contributed by atoms with Gasteiger partial charge in [-0.05, 0) is 61.4 Å². The molecule has 0 saturated heterocycles. The van der Waals surface area contributed by atoms with E-state index >= 15 is 0 Å². The summed E-state index contributed by atoms with van der Waals surface area (Å²) in [6, 6.07) is 12.1. The number of pyridine rings is 1. The highest BCUT2D eigenvalue weighted by Gasteiger charge is 2.20. The van der Waals surface area contributed by atoms with Crippen molar-refractivity contribution in [1.82, 2.24) is 19.4 Å². The van der Waals surface area contributed by atoms with Gasteiger partial charge in [0.2, 0.25) is 0 Å². The molecule has 0 aliphatic carbocycles. The van der Waals surface area contributed by atoms with Crippen LogP contribution in [-0.2, 0) is 19.5 Å². The summed E-state index contributed by atoms with van der Waals surface area (Å²) < 4.78 is 2.17. The van der Waals surface area contributed by atoms with Gasteiger partial charge in [0.25, 0.3) is 5.91 Å². The van der Waals surface area contributed by atoms with Gasteiger partial charge in [0, 0.05) is 24.8 Å². The lowest BCUT2D eigenvalue weighted by atomic mass is 10.1. The van der Waals surface area contributed by atoms with Gasteiger partial charge in [-0.25, -0.2) is 9.97 Å². The molecule has 0 N–H and O–H groups in total. The maximum atomic E-state index is 13.4. The van der Waals surface area contributed by atoms with Crippen LogP contribution in [0.25, 0.3) is 11.2 Å². The molecule has 2 heterocycles. The van der Waals surface area contributed by atoms with Crippen LogP contribution in [0.15, 0.2) is 42.6 Å². The number of unbranched alkanes of at least 4 members (excludes halogenated alkanes) is 1. The zero-order chi connectivity index (χ0) is 22.2. The number of benzene rings is 1. The normalized spacial score (nSPS) is 11.4. The first kappa shape index (κ1) is 23.0. The van der Waals surface area contributed by atoms with E-state index in [-0.39, 0.29) is 5.91 Å². The number of carbonyl (C=O) groups excluding carboxylic acids is 1. The number of nitrogens with zero attached hydrogens (tertiary/aromatic N) is 4. The molecule has 0 aliphatic heterocycles. The molecule has 166 valence electrons. The molecule has 0 spiro atoms. The Balaban J connectivity index is 1.86. The van der Waals surface area contributed by atoms with E-state index in [4.69, 9.17) is 4.98 Å². The molecule has 2 aromatic heterocycles. The van der Waals surface area contributed by atoms with Gasteiger partial charge in [0.1, 0.15) is 11.3 Å². The molecule has 0 unspecified atom stereocenters. The second-order valence-corrected chi connectivity index (χ2v) is 8.74. The molecule has 1 aromatic carbocycles. The summed E-state index contributed by atoms with van der Waals surface area (Å²) in [6.07, 6.45) is 7.19. The van der Waals surface area contributed by atoms with Crippen LogP contribution in [0.5, 0.6) is 0 Å². The van der Waals surface area contributed by atoms with Gasteiger partial charge in [-0.15, -0.1) is 0 Å². The summed E-state index contributed by atoms with van der Waals surface area (Å²) in [4.78, 5) is 24.8. The fraction of sp³-hybridized carbons (Fsp3) is 0.500. The van der Waals surface area contributed by atoms with Crippen LogP contribution in [0, 0.1) is 5.92 Å². The van der Waals surface area contributed by atoms with E-state index in [0.717, 1.165) is 54.9 Å². The third-order valence-corrected chi connectivity index (χ3v) is 5.65. The Kier molecular flexibility index (Phi) is 8.21. The standard InChI is InChI=1S/C26H36N4O/c1-5-7-9-21-11-13-22(14-12-21)26(31)29(18-15-20(3)4)19-24-28-23-10-8-16-27-25(23)30(24)17-6-2/h8,10-14,16,20H,5-7,9,15,17-19H2,1-4H3. The van der Waals surface area contributed by atoms with E-state index in [1.54, 1.807) is 0 Å². The zero-order valence-corrected chi connectivity index (χ0v) is 19.5. The largest absolute Gasteiger partial charge is 0.331 e. The fourth-order valence-corrected chi connectivity index (χ4v) is 3.80. The molecule has 0 fully saturated rings. The van der Waals surface area contributed by atoms with Crippen molar-refractivity contribution in [2.45, 2.75) is 72.9 Å². The van der Waals surface area contributed by atoms with Gasteiger partial charge in [-0.1, -0.05) is 46.2 Å². The van der Waals surface area contributed by atoms with Crippen LogP contribution in [0.2, 0.25) is 0 Å². The number of amides is 1. The highest BCUT2D eigenvalue weighted by molar-refractivity contribution is 5.94. The van der Waals surface area contributed by atoms with Gasteiger partial charge >= 0.3 is 0 Å². The summed E-state index contributed by atoms with van der Waals surface area (Å²) in [5.41, 5.74) is 3.83. The molecule has 0 aliphatic rings. The first-order valence-electron chi connectivity index (χ1n) is 11.7. The second-order valence-electron chi connectivity index (χ2n) is 8.74. The summed E-state index contributed by atoms with van der Waals surface area (Å²) >= 11 is 0. The Morgan fingerprint density at radius 2 is 1.87 bits per heavy atom. The average Bonchev–Trinajstić information content (AvgIpc) is 3.12. The number of carbonyl (C=O) groups is 1. The predicted octanol–water partition coefficient (Wildman–Crippen LogP) is 5.87. The van der Waals surface area contributed by atoms with Crippen molar-refractivity contribution in [2.75, 3.05) is 6.54 Å². The van der Waals surface area contributed by atoms with Crippen molar-refractivity contribution in [3.63, 3.8) is 0 Å². The minimum absolute atomic E-state index is 0.0748. The number of hydrogen-bond acceptors (Lipinski definition) is 3. The van der Waals surface area contributed by atoms with Crippen molar-refractivity contribution in [1.29, 1.82) is 0 Å². The molecule has 0 radical (unpaired) electrons. The van der Waals surface area contributed by atoms with E-state index in [1.807, 2.05) is 35.4 Å². The van der Waals surface area contributed by atoms with Crippen LogP contribution < -0.4 is 0 Å². The first-order valence-corrected chi connectivity index (χ1v) is 11.7. The van der Waals surface area contributed by atoms with Crippen LogP contribution in [0.3, 0.4) is 0 Å². The topological polar surface area (TPSA) is 51.0 Å². The lowest BCUT2D eigenvalue weighted by Gasteiger charge is -2.24. The SMILES string of the molecule is CCCCc1ccc(C(=O)N(CCC(C)C)Cc2nc3cccnc3n2CCC)cc1. The van der Waals surface area contributed by atoms with Crippen molar-refractivity contribution in [3.8, 4) is 0 Å². The predicted molar refractivity (Wildman–Crippen MR) is 127 cm³/mol. The number of aromatic nitrogens is 3. The highest BCUT2D eigenvalue weighted by atomic mass is 16.2. The molecule has 3 rings (SSSR count). The van der Waals surface area contributed by atoms with Gasteiger partial charge < -0.3 is 9.47 Å². The van der Waals surface area contributed by atoms with Gasteiger partial charge in [0.15, 0.2) is 5.65 Å². The zero-order valence-electron chi connectivity index (χ0n) is 19.5. The number of imidazole rings is 1. The summed E-state index contributed by atoms with van der Waals surface area (Å²) in [7, 11) is 0. The lowest BCUT2D eigenvalue weighted by Crippen LogP contribution is -2.33. The second kappa shape index (κ2) is 11.1. The number of fused-ring (bicyclic) bond motifs is 1. The third kappa shape index (κ3) is 5.93. The Bertz CT molecular complexity index is 975. The Labute approximate surface area is 186 Å². The van der Waals surface area contributed by atoms with Crippen LogP contribution in [0.4, 0.5) is 0 Å². The van der Waals surface area contributed by atoms with Crippen LogP contribution >= 0.6 is 0 Å². The minimum atomic E-state index is 0.0748.